The molecule has 0 fully saturated rings. The van der Waals surface area contributed by atoms with Crippen LogP contribution in [0.2, 0.25) is 0 Å². The molecule has 2 N–H and O–H groups in total. The number of aromatic hydroxyl groups is 1. The second-order valence-electron chi connectivity index (χ2n) is 4.54. The van der Waals surface area contributed by atoms with Crippen LogP contribution in [-0.4, -0.2) is 30.1 Å². The van der Waals surface area contributed by atoms with Crippen LogP contribution >= 0.6 is 0 Å². The average molecular weight is 236 g/mol. The summed E-state index contributed by atoms with van der Waals surface area (Å²) in [5.41, 5.74) is 0.0654. The molecule has 0 radical (unpaired) electrons. The molecule has 0 heterocycles. The average Bonchev–Trinajstić information content (AvgIpc) is 2.27. The number of phenolic OH excluding ortho intramolecular Hbond substituents is 1. The summed E-state index contributed by atoms with van der Waals surface area (Å²) in [6, 6.07) is 6.66. The van der Waals surface area contributed by atoms with E-state index in [0.717, 1.165) is 6.54 Å². The first-order valence-electron chi connectivity index (χ1n) is 5.70. The first-order chi connectivity index (χ1) is 7.88. The van der Waals surface area contributed by atoms with Gasteiger partial charge in [-0.15, -0.1) is 0 Å². The lowest BCUT2D eigenvalue weighted by Crippen LogP contribution is -2.53. The number of phenols is 1. The van der Waals surface area contributed by atoms with Gasteiger partial charge in [0, 0.05) is 18.8 Å². The molecule has 0 saturated heterocycles. The minimum atomic E-state index is -0.616. The third kappa shape index (κ3) is 3.20. The summed E-state index contributed by atoms with van der Waals surface area (Å²) >= 11 is 0. The van der Waals surface area contributed by atoms with Crippen molar-refractivity contribution >= 4 is 11.6 Å². The van der Waals surface area contributed by atoms with E-state index in [1.807, 2.05) is 20.8 Å². The third-order valence-corrected chi connectivity index (χ3v) is 2.68. The summed E-state index contributed by atoms with van der Waals surface area (Å²) in [5, 5.41) is 12.5. The maximum atomic E-state index is 12.2. The Hall–Kier alpha value is -1.55. The summed E-state index contributed by atoms with van der Waals surface area (Å²) in [5.74, 6) is 0.119. The Kier molecular flexibility index (Phi) is 4.12. The molecule has 94 valence electrons. The van der Waals surface area contributed by atoms with Crippen LogP contribution in [0.25, 0.3) is 0 Å². The highest BCUT2D eigenvalue weighted by Gasteiger charge is 2.29. The predicted octanol–water partition coefficient (Wildman–Crippen LogP) is 1.74. The van der Waals surface area contributed by atoms with Crippen LogP contribution in [0.15, 0.2) is 24.3 Å². The molecule has 1 aromatic carbocycles. The number of benzene rings is 1. The largest absolute Gasteiger partial charge is 0.508 e. The Morgan fingerprint density at radius 2 is 2.12 bits per heavy atom. The number of rotatable bonds is 4. The van der Waals surface area contributed by atoms with Crippen molar-refractivity contribution in [1.29, 1.82) is 0 Å². The standard InChI is InChI=1S/C13H20N2O2/c1-5-14-13(2,3)12(17)15(4)10-7-6-8-11(16)9-10/h6-9,14,16H,5H2,1-4H3. The molecule has 1 rings (SSSR count). The van der Waals surface area contributed by atoms with Crippen molar-refractivity contribution in [1.82, 2.24) is 5.32 Å². The van der Waals surface area contributed by atoms with Gasteiger partial charge >= 0.3 is 0 Å². The summed E-state index contributed by atoms with van der Waals surface area (Å²) in [6.07, 6.45) is 0. The van der Waals surface area contributed by atoms with Gasteiger partial charge in [0.15, 0.2) is 0 Å². The van der Waals surface area contributed by atoms with Crippen molar-refractivity contribution in [2.45, 2.75) is 26.3 Å². The van der Waals surface area contributed by atoms with E-state index in [9.17, 15) is 9.90 Å². The van der Waals surface area contributed by atoms with E-state index in [1.165, 1.54) is 0 Å². The van der Waals surface area contributed by atoms with Crippen LogP contribution in [0.5, 0.6) is 5.75 Å². The van der Waals surface area contributed by atoms with Gasteiger partial charge in [0.2, 0.25) is 5.91 Å². The molecule has 0 spiro atoms. The number of likely N-dealkylation sites (N-methyl/N-ethyl adjacent to an activating group) is 2. The van der Waals surface area contributed by atoms with Crippen LogP contribution < -0.4 is 10.2 Å². The lowest BCUT2D eigenvalue weighted by molar-refractivity contribution is -0.123. The first-order valence-corrected chi connectivity index (χ1v) is 5.70. The molecule has 17 heavy (non-hydrogen) atoms. The maximum Gasteiger partial charge on any atom is 0.246 e. The molecule has 0 bridgehead atoms. The topological polar surface area (TPSA) is 52.6 Å². The SMILES string of the molecule is CCNC(C)(C)C(=O)N(C)c1cccc(O)c1. The molecule has 0 saturated carbocycles. The van der Waals surface area contributed by atoms with Gasteiger partial charge in [0.05, 0.1) is 5.54 Å². The molecule has 0 unspecified atom stereocenters. The molecule has 0 aromatic heterocycles. The molecule has 1 amide bonds. The Morgan fingerprint density at radius 1 is 1.47 bits per heavy atom. The number of amides is 1. The molecular weight excluding hydrogens is 216 g/mol. The fourth-order valence-corrected chi connectivity index (χ4v) is 1.76. The lowest BCUT2D eigenvalue weighted by atomic mass is 10.0. The minimum absolute atomic E-state index is 0.0371. The second-order valence-corrected chi connectivity index (χ2v) is 4.54. The van der Waals surface area contributed by atoms with Crippen LogP contribution in [0.1, 0.15) is 20.8 Å². The van der Waals surface area contributed by atoms with Crippen molar-refractivity contribution in [3.63, 3.8) is 0 Å². The summed E-state index contributed by atoms with van der Waals surface area (Å²) < 4.78 is 0. The van der Waals surface area contributed by atoms with Crippen LogP contribution in [-0.2, 0) is 4.79 Å². The van der Waals surface area contributed by atoms with Crippen LogP contribution in [0, 0.1) is 0 Å². The smallest absolute Gasteiger partial charge is 0.246 e. The fraction of sp³-hybridized carbons (Fsp3) is 0.462. The number of carbonyl (C=O) groups excluding carboxylic acids is 1. The van der Waals surface area contributed by atoms with E-state index in [0.29, 0.717) is 5.69 Å². The highest BCUT2D eigenvalue weighted by atomic mass is 16.3. The van der Waals surface area contributed by atoms with E-state index >= 15 is 0 Å². The van der Waals surface area contributed by atoms with Gasteiger partial charge in [0.1, 0.15) is 5.75 Å². The molecule has 0 aliphatic heterocycles. The first kappa shape index (κ1) is 13.5. The Balaban J connectivity index is 2.90. The Bertz CT molecular complexity index is 402. The molecular formula is C13H20N2O2. The van der Waals surface area contributed by atoms with Gasteiger partial charge in [-0.1, -0.05) is 13.0 Å². The summed E-state index contributed by atoms with van der Waals surface area (Å²) in [7, 11) is 1.70. The van der Waals surface area contributed by atoms with E-state index in [-0.39, 0.29) is 11.7 Å². The second kappa shape index (κ2) is 5.19. The molecule has 1 aromatic rings. The van der Waals surface area contributed by atoms with Crippen molar-refractivity contribution in [3.05, 3.63) is 24.3 Å². The zero-order chi connectivity index (χ0) is 13.1. The van der Waals surface area contributed by atoms with Crippen molar-refractivity contribution in [3.8, 4) is 5.75 Å². The zero-order valence-corrected chi connectivity index (χ0v) is 10.8. The number of carbonyl (C=O) groups is 1. The third-order valence-electron chi connectivity index (χ3n) is 2.68. The van der Waals surface area contributed by atoms with Crippen molar-refractivity contribution in [2.75, 3.05) is 18.5 Å². The number of hydrogen-bond acceptors (Lipinski definition) is 3. The van der Waals surface area contributed by atoms with Crippen molar-refractivity contribution in [2.24, 2.45) is 0 Å². The Morgan fingerprint density at radius 3 is 2.65 bits per heavy atom. The van der Waals surface area contributed by atoms with Gasteiger partial charge in [0.25, 0.3) is 0 Å². The van der Waals surface area contributed by atoms with E-state index in [1.54, 1.807) is 36.2 Å². The maximum absolute atomic E-state index is 12.2. The van der Waals surface area contributed by atoms with Gasteiger partial charge in [-0.2, -0.15) is 0 Å². The number of nitrogens with zero attached hydrogens (tertiary/aromatic N) is 1. The van der Waals surface area contributed by atoms with Gasteiger partial charge in [-0.05, 0) is 32.5 Å². The molecule has 4 nitrogen and oxygen atoms in total. The van der Waals surface area contributed by atoms with Gasteiger partial charge in [-0.3, -0.25) is 4.79 Å². The number of nitrogens with one attached hydrogen (secondary N) is 1. The molecule has 0 atom stereocenters. The van der Waals surface area contributed by atoms with Gasteiger partial charge in [-0.25, -0.2) is 0 Å². The molecule has 0 aliphatic rings. The Labute approximate surface area is 102 Å². The minimum Gasteiger partial charge on any atom is -0.508 e. The molecule has 0 aliphatic carbocycles. The van der Waals surface area contributed by atoms with E-state index in [2.05, 4.69) is 5.32 Å². The number of anilines is 1. The lowest BCUT2D eigenvalue weighted by Gasteiger charge is -2.30. The normalized spacial score (nSPS) is 11.3. The zero-order valence-electron chi connectivity index (χ0n) is 10.8. The monoisotopic (exact) mass is 236 g/mol. The predicted molar refractivity (Wildman–Crippen MR) is 69.3 cm³/mol. The summed E-state index contributed by atoms with van der Waals surface area (Å²) in [6.45, 7) is 6.38. The van der Waals surface area contributed by atoms with Crippen LogP contribution in [0.3, 0.4) is 0 Å². The highest BCUT2D eigenvalue weighted by Crippen LogP contribution is 2.21. The highest BCUT2D eigenvalue weighted by molar-refractivity contribution is 5.99. The number of hydrogen-bond donors (Lipinski definition) is 2. The van der Waals surface area contributed by atoms with E-state index in [4.69, 9.17) is 0 Å². The van der Waals surface area contributed by atoms with Crippen LogP contribution in [0.4, 0.5) is 5.69 Å². The fourth-order valence-electron chi connectivity index (χ4n) is 1.76. The summed E-state index contributed by atoms with van der Waals surface area (Å²) in [4.78, 5) is 13.8. The molecule has 4 heteroatoms. The van der Waals surface area contributed by atoms with Crippen molar-refractivity contribution < 1.29 is 9.90 Å². The van der Waals surface area contributed by atoms with E-state index < -0.39 is 5.54 Å². The van der Waals surface area contributed by atoms with Gasteiger partial charge < -0.3 is 15.3 Å². The quantitative estimate of drug-likeness (QED) is 0.837.